The summed E-state index contributed by atoms with van der Waals surface area (Å²) in [6, 6.07) is 3.97. The fourth-order valence-electron chi connectivity index (χ4n) is 2.91. The van der Waals surface area contributed by atoms with E-state index < -0.39 is 11.7 Å². The van der Waals surface area contributed by atoms with E-state index in [1.165, 1.54) is 12.3 Å². The molecule has 130 valence electrons. The zero-order valence-electron chi connectivity index (χ0n) is 13.3. The van der Waals surface area contributed by atoms with Gasteiger partial charge in [0.25, 0.3) is 5.91 Å². The molecule has 1 aromatic carbocycles. The fourth-order valence-corrected chi connectivity index (χ4v) is 3.14. The lowest BCUT2D eigenvalue weighted by molar-refractivity contribution is 0.0703. The number of aromatic nitrogens is 2. The van der Waals surface area contributed by atoms with Gasteiger partial charge >= 0.3 is 0 Å². The molecule has 0 unspecified atom stereocenters. The number of aryl methyl sites for hydroxylation is 1. The number of phenols is 1. The van der Waals surface area contributed by atoms with Gasteiger partial charge in [0.05, 0.1) is 10.5 Å². The number of pyridine rings is 1. The zero-order valence-corrected chi connectivity index (χ0v) is 14.0. The van der Waals surface area contributed by atoms with Gasteiger partial charge in [-0.1, -0.05) is 11.6 Å². The van der Waals surface area contributed by atoms with Gasteiger partial charge in [-0.15, -0.1) is 0 Å². The van der Waals surface area contributed by atoms with Gasteiger partial charge in [-0.3, -0.25) is 15.0 Å². The van der Waals surface area contributed by atoms with E-state index in [9.17, 15) is 14.3 Å². The number of fused-ring (bicyclic) bond motifs is 1. The van der Waals surface area contributed by atoms with Gasteiger partial charge in [-0.2, -0.15) is 0 Å². The van der Waals surface area contributed by atoms with Crippen LogP contribution in [0.3, 0.4) is 0 Å². The van der Waals surface area contributed by atoms with Crippen LogP contribution >= 0.6 is 11.6 Å². The predicted octanol–water partition coefficient (Wildman–Crippen LogP) is 3.26. The Hall–Kier alpha value is -2.64. The number of halogens is 2. The number of rotatable bonds is 4. The largest absolute Gasteiger partial charge is 0.506 e. The van der Waals surface area contributed by atoms with E-state index in [2.05, 4.69) is 4.98 Å². The first-order valence-electron chi connectivity index (χ1n) is 7.54. The summed E-state index contributed by atoms with van der Waals surface area (Å²) < 4.78 is 15.5. The Kier molecular flexibility index (Phi) is 4.61. The van der Waals surface area contributed by atoms with E-state index in [4.69, 9.17) is 16.8 Å². The first-order chi connectivity index (χ1) is 12.0. The lowest BCUT2D eigenvalue weighted by atomic mass is 10.0. The second kappa shape index (κ2) is 6.70. The van der Waals surface area contributed by atoms with Crippen LogP contribution in [0.2, 0.25) is 5.02 Å². The van der Waals surface area contributed by atoms with Crippen LogP contribution in [0.15, 0.2) is 30.6 Å². The zero-order chi connectivity index (χ0) is 18.1. The third-order valence-electron chi connectivity index (χ3n) is 4.02. The number of nitrogens with zero attached hydrogens (tertiary/aromatic N) is 2. The molecule has 3 rings (SSSR count). The molecule has 1 amide bonds. The maximum Gasteiger partial charge on any atom is 0.293 e. The van der Waals surface area contributed by atoms with Crippen molar-refractivity contribution in [3.63, 3.8) is 0 Å². The number of hydrogen-bond donors (Lipinski definition) is 3. The topological polar surface area (TPSA) is 87.4 Å². The molecule has 2 heterocycles. The van der Waals surface area contributed by atoms with Crippen molar-refractivity contribution in [3.05, 3.63) is 58.3 Å². The number of benzene rings is 1. The van der Waals surface area contributed by atoms with Gasteiger partial charge in [0.1, 0.15) is 17.3 Å². The summed E-state index contributed by atoms with van der Waals surface area (Å²) in [5.41, 5.74) is 3.31. The highest BCUT2D eigenvalue weighted by molar-refractivity contribution is 6.32. The minimum atomic E-state index is -0.748. The first kappa shape index (κ1) is 17.2. The second-order valence-corrected chi connectivity index (χ2v) is 5.91. The van der Waals surface area contributed by atoms with Crippen molar-refractivity contribution in [2.24, 2.45) is 0 Å². The molecule has 2 aromatic heterocycles. The normalized spacial score (nSPS) is 11.0. The quantitative estimate of drug-likeness (QED) is 0.490. The predicted molar refractivity (Wildman–Crippen MR) is 90.5 cm³/mol. The van der Waals surface area contributed by atoms with Gasteiger partial charge in [0, 0.05) is 36.3 Å². The van der Waals surface area contributed by atoms with E-state index >= 15 is 0 Å². The molecular weight excluding hydrogens is 349 g/mol. The molecule has 0 radical (unpaired) electrons. The number of hydrogen-bond acceptors (Lipinski definition) is 4. The summed E-state index contributed by atoms with van der Waals surface area (Å²) >= 11 is 5.84. The summed E-state index contributed by atoms with van der Waals surface area (Å²) in [5.74, 6) is -1.52. The lowest BCUT2D eigenvalue weighted by Gasteiger charge is -2.07. The number of carbonyl (C=O) groups is 1. The fraction of sp³-hybridized carbons (Fsp3) is 0.176. The molecule has 0 fully saturated rings. The summed E-state index contributed by atoms with van der Waals surface area (Å²) in [7, 11) is 0. The van der Waals surface area contributed by atoms with E-state index in [1.807, 2.05) is 11.5 Å². The Morgan fingerprint density at radius 1 is 1.40 bits per heavy atom. The number of aromatic hydroxyl groups is 1. The monoisotopic (exact) mass is 363 g/mol. The third kappa shape index (κ3) is 3.04. The molecule has 6 nitrogen and oxygen atoms in total. The molecule has 8 heteroatoms. The number of phenolic OH excluding ortho intramolecular Hbond substituents is 1. The van der Waals surface area contributed by atoms with Gasteiger partial charge in [-0.05, 0) is 30.7 Å². The molecule has 3 N–H and O–H groups in total. The van der Waals surface area contributed by atoms with Gasteiger partial charge < -0.3 is 9.67 Å². The SMILES string of the molecule is CCn1cc(Cc2cc(F)cc(Cl)c2O)c2c(C(=O)NO)nccc21. The van der Waals surface area contributed by atoms with Crippen LogP contribution in [0.4, 0.5) is 4.39 Å². The number of carbonyl (C=O) groups excluding carboxylic acids is 1. The minimum Gasteiger partial charge on any atom is -0.506 e. The molecule has 0 aliphatic carbocycles. The number of amides is 1. The molecule has 0 aliphatic heterocycles. The smallest absolute Gasteiger partial charge is 0.293 e. The highest BCUT2D eigenvalue weighted by Gasteiger charge is 2.19. The van der Waals surface area contributed by atoms with Crippen molar-refractivity contribution in [1.82, 2.24) is 15.0 Å². The van der Waals surface area contributed by atoms with E-state index in [1.54, 1.807) is 17.7 Å². The van der Waals surface area contributed by atoms with Crippen molar-refractivity contribution >= 4 is 28.4 Å². The van der Waals surface area contributed by atoms with Crippen molar-refractivity contribution in [1.29, 1.82) is 0 Å². The van der Waals surface area contributed by atoms with E-state index in [-0.39, 0.29) is 22.9 Å². The van der Waals surface area contributed by atoms with Crippen LogP contribution < -0.4 is 5.48 Å². The van der Waals surface area contributed by atoms with E-state index in [0.717, 1.165) is 11.6 Å². The maximum atomic E-state index is 13.6. The Balaban J connectivity index is 2.21. The van der Waals surface area contributed by atoms with E-state index in [0.29, 0.717) is 23.1 Å². The standard InChI is InChI=1S/C17H15ClFN3O3/c1-2-22-8-10(5-9-6-11(19)7-12(18)16(9)23)14-13(22)3-4-20-15(14)17(24)21-25/h3-4,6-8,23,25H,2,5H2,1H3,(H,21,24). The van der Waals surface area contributed by atoms with Crippen LogP contribution in [0.5, 0.6) is 5.75 Å². The van der Waals surface area contributed by atoms with Crippen LogP contribution in [0.25, 0.3) is 10.9 Å². The Bertz CT molecular complexity index is 971. The molecule has 0 atom stereocenters. The van der Waals surface area contributed by atoms with Crippen molar-refractivity contribution in [3.8, 4) is 5.75 Å². The Morgan fingerprint density at radius 3 is 2.84 bits per heavy atom. The van der Waals surface area contributed by atoms with Crippen LogP contribution in [-0.2, 0) is 13.0 Å². The third-order valence-corrected chi connectivity index (χ3v) is 4.30. The van der Waals surface area contributed by atoms with Gasteiger partial charge in [0.2, 0.25) is 0 Å². The first-order valence-corrected chi connectivity index (χ1v) is 7.92. The number of nitrogens with one attached hydrogen (secondary N) is 1. The molecule has 3 aromatic rings. The van der Waals surface area contributed by atoms with Crippen molar-refractivity contribution in [2.45, 2.75) is 19.9 Å². The highest BCUT2D eigenvalue weighted by Crippen LogP contribution is 2.33. The summed E-state index contributed by atoms with van der Waals surface area (Å²) in [4.78, 5) is 16.0. The minimum absolute atomic E-state index is 0.0455. The van der Waals surface area contributed by atoms with Crippen LogP contribution in [0.1, 0.15) is 28.5 Å². The van der Waals surface area contributed by atoms with Gasteiger partial charge in [0.15, 0.2) is 0 Å². The summed E-state index contributed by atoms with van der Waals surface area (Å²) in [5, 5.41) is 19.5. The molecule has 0 aliphatic rings. The lowest BCUT2D eigenvalue weighted by Crippen LogP contribution is -2.20. The van der Waals surface area contributed by atoms with Crippen molar-refractivity contribution in [2.75, 3.05) is 0 Å². The Morgan fingerprint density at radius 2 is 2.16 bits per heavy atom. The molecule has 0 saturated heterocycles. The van der Waals surface area contributed by atoms with Crippen molar-refractivity contribution < 1.29 is 19.5 Å². The number of hydroxylamine groups is 1. The van der Waals surface area contributed by atoms with Gasteiger partial charge in [-0.25, -0.2) is 9.87 Å². The highest BCUT2D eigenvalue weighted by atomic mass is 35.5. The average molecular weight is 364 g/mol. The van der Waals surface area contributed by atoms with Crippen LogP contribution in [0, 0.1) is 5.82 Å². The molecule has 25 heavy (non-hydrogen) atoms. The average Bonchev–Trinajstić information content (AvgIpc) is 2.96. The Labute approximate surface area is 147 Å². The summed E-state index contributed by atoms with van der Waals surface area (Å²) in [6.07, 6.45) is 3.42. The molecular formula is C17H15ClFN3O3. The summed E-state index contributed by atoms with van der Waals surface area (Å²) in [6.45, 7) is 2.57. The van der Waals surface area contributed by atoms with Crippen LogP contribution in [-0.4, -0.2) is 25.8 Å². The molecule has 0 spiro atoms. The molecule has 0 bridgehead atoms. The second-order valence-electron chi connectivity index (χ2n) is 5.51. The maximum absolute atomic E-state index is 13.6. The molecule has 0 saturated carbocycles.